The Morgan fingerprint density at radius 3 is 2.12 bits per heavy atom. The summed E-state index contributed by atoms with van der Waals surface area (Å²) in [5.74, 6) is 7.30. The Labute approximate surface area is 194 Å². The monoisotopic (exact) mass is 444 g/mol. The van der Waals surface area contributed by atoms with Gasteiger partial charge in [0.25, 0.3) is 0 Å². The molecule has 3 heteroatoms. The van der Waals surface area contributed by atoms with Crippen LogP contribution in [0.25, 0.3) is 0 Å². The Bertz CT molecular complexity index is 746. The summed E-state index contributed by atoms with van der Waals surface area (Å²) in [6, 6.07) is 3.01. The molecule has 0 radical (unpaired) electrons. The molecular weight excluding hydrogens is 402 g/mol. The van der Waals surface area contributed by atoms with Crippen molar-refractivity contribution in [1.82, 2.24) is 0 Å². The molecule has 1 aromatic carbocycles. The van der Waals surface area contributed by atoms with Crippen LogP contribution < -0.4 is 4.74 Å². The van der Waals surface area contributed by atoms with Crippen molar-refractivity contribution in [1.29, 1.82) is 0 Å². The summed E-state index contributed by atoms with van der Waals surface area (Å²) < 4.78 is 33.4. The van der Waals surface area contributed by atoms with E-state index in [0.29, 0.717) is 12.5 Å². The maximum absolute atomic E-state index is 14.3. The average molecular weight is 445 g/mol. The number of benzene rings is 1. The first-order chi connectivity index (χ1) is 15.6. The van der Waals surface area contributed by atoms with Crippen LogP contribution in [0.2, 0.25) is 0 Å². The zero-order chi connectivity index (χ0) is 22.8. The van der Waals surface area contributed by atoms with Gasteiger partial charge in [0.1, 0.15) is 0 Å². The molecule has 0 aromatic heterocycles. The standard InChI is InChI=1S/C29H42F2O/c1-3-5-6-7-8-9-22-10-15-24(16-11-22)25-17-12-23(13-18-25)14-19-26-20-21-27(32-4-2)29(31)28(26)30/h20-25H,3-13,15-18H2,1-2H3/t22-,23?,24-,25?. The number of rotatable bonds is 9. The largest absolute Gasteiger partial charge is 0.491 e. The van der Waals surface area contributed by atoms with Gasteiger partial charge in [0, 0.05) is 5.92 Å². The van der Waals surface area contributed by atoms with Crippen LogP contribution in [0.5, 0.6) is 5.75 Å². The molecule has 0 aliphatic heterocycles. The maximum atomic E-state index is 14.3. The van der Waals surface area contributed by atoms with Crippen LogP contribution in [0.15, 0.2) is 12.1 Å². The van der Waals surface area contributed by atoms with Crippen molar-refractivity contribution in [2.45, 2.75) is 104 Å². The van der Waals surface area contributed by atoms with Crippen molar-refractivity contribution in [3.05, 3.63) is 29.3 Å². The molecule has 3 rings (SSSR count). The van der Waals surface area contributed by atoms with Crippen molar-refractivity contribution < 1.29 is 13.5 Å². The second-order valence-electron chi connectivity index (χ2n) is 10.0. The van der Waals surface area contributed by atoms with Gasteiger partial charge in [-0.25, -0.2) is 4.39 Å². The summed E-state index contributed by atoms with van der Waals surface area (Å²) in [6.07, 6.45) is 18.8. The lowest BCUT2D eigenvalue weighted by atomic mass is 9.69. The fourth-order valence-corrected chi connectivity index (χ4v) is 5.79. The molecule has 0 spiro atoms. The SMILES string of the molecule is CCCCCCC[C@H]1CC[C@H](C2CCC(C#Cc3ccc(OCC)c(F)c3F)CC2)CC1. The van der Waals surface area contributed by atoms with Gasteiger partial charge in [-0.05, 0) is 75.3 Å². The van der Waals surface area contributed by atoms with Crippen molar-refractivity contribution in [2.24, 2.45) is 23.7 Å². The molecule has 0 N–H and O–H groups in total. The van der Waals surface area contributed by atoms with E-state index in [1.54, 1.807) is 6.92 Å². The van der Waals surface area contributed by atoms with Crippen molar-refractivity contribution in [3.8, 4) is 17.6 Å². The van der Waals surface area contributed by atoms with Crippen LogP contribution in [0.3, 0.4) is 0 Å². The Morgan fingerprint density at radius 1 is 0.812 bits per heavy atom. The minimum Gasteiger partial charge on any atom is -0.491 e. The number of hydrogen-bond donors (Lipinski definition) is 0. The molecule has 0 atom stereocenters. The van der Waals surface area contributed by atoms with Crippen molar-refractivity contribution >= 4 is 0 Å². The molecule has 32 heavy (non-hydrogen) atoms. The molecule has 2 fully saturated rings. The fraction of sp³-hybridized carbons (Fsp3) is 0.724. The third kappa shape index (κ3) is 7.23. The molecule has 1 nitrogen and oxygen atoms in total. The first kappa shape index (κ1) is 25.1. The minimum atomic E-state index is -0.932. The second kappa shape index (κ2) is 13.2. The minimum absolute atomic E-state index is 0.0396. The summed E-state index contributed by atoms with van der Waals surface area (Å²) in [4.78, 5) is 0. The van der Waals surface area contributed by atoms with E-state index in [-0.39, 0.29) is 11.3 Å². The van der Waals surface area contributed by atoms with E-state index in [9.17, 15) is 8.78 Å². The summed E-state index contributed by atoms with van der Waals surface area (Å²) in [6.45, 7) is 4.35. The summed E-state index contributed by atoms with van der Waals surface area (Å²) in [7, 11) is 0. The molecule has 0 saturated heterocycles. The van der Waals surface area contributed by atoms with E-state index in [0.717, 1.165) is 30.6 Å². The van der Waals surface area contributed by atoms with Crippen LogP contribution in [0.1, 0.15) is 109 Å². The molecule has 2 aliphatic rings. The Balaban J connectivity index is 1.40. The van der Waals surface area contributed by atoms with E-state index >= 15 is 0 Å². The third-order valence-electron chi connectivity index (χ3n) is 7.80. The summed E-state index contributed by atoms with van der Waals surface area (Å²) >= 11 is 0. The first-order valence-electron chi connectivity index (χ1n) is 13.2. The Morgan fingerprint density at radius 2 is 1.47 bits per heavy atom. The fourth-order valence-electron chi connectivity index (χ4n) is 5.79. The van der Waals surface area contributed by atoms with E-state index in [2.05, 4.69) is 18.8 Å². The predicted octanol–water partition coefficient (Wildman–Crippen LogP) is 8.69. The van der Waals surface area contributed by atoms with E-state index < -0.39 is 11.6 Å². The van der Waals surface area contributed by atoms with Crippen LogP contribution in [-0.2, 0) is 0 Å². The second-order valence-corrected chi connectivity index (χ2v) is 10.0. The number of unbranched alkanes of at least 4 members (excludes halogenated alkanes) is 4. The molecule has 0 bridgehead atoms. The summed E-state index contributed by atoms with van der Waals surface area (Å²) in [5.41, 5.74) is 0.140. The third-order valence-corrected chi connectivity index (χ3v) is 7.80. The van der Waals surface area contributed by atoms with Crippen LogP contribution in [0, 0.1) is 47.1 Å². The molecule has 0 unspecified atom stereocenters. The zero-order valence-electron chi connectivity index (χ0n) is 20.2. The molecule has 1 aromatic rings. The van der Waals surface area contributed by atoms with Crippen LogP contribution in [0.4, 0.5) is 8.78 Å². The lowest BCUT2D eigenvalue weighted by molar-refractivity contribution is 0.153. The van der Waals surface area contributed by atoms with Gasteiger partial charge in [-0.15, -0.1) is 0 Å². The van der Waals surface area contributed by atoms with Crippen LogP contribution >= 0.6 is 0 Å². The highest BCUT2D eigenvalue weighted by atomic mass is 19.2. The maximum Gasteiger partial charge on any atom is 0.201 e. The molecule has 0 heterocycles. The van der Waals surface area contributed by atoms with Crippen molar-refractivity contribution in [3.63, 3.8) is 0 Å². The average Bonchev–Trinajstić information content (AvgIpc) is 2.82. The normalized spacial score (nSPS) is 25.8. The predicted molar refractivity (Wildman–Crippen MR) is 129 cm³/mol. The quantitative estimate of drug-likeness (QED) is 0.273. The van der Waals surface area contributed by atoms with Gasteiger partial charge in [-0.2, -0.15) is 4.39 Å². The molecule has 178 valence electrons. The highest BCUT2D eigenvalue weighted by Gasteiger charge is 2.30. The molecule has 0 amide bonds. The molecular formula is C29H42F2O. The first-order valence-corrected chi connectivity index (χ1v) is 13.2. The smallest absolute Gasteiger partial charge is 0.201 e. The molecule has 2 aliphatic carbocycles. The van der Waals surface area contributed by atoms with Gasteiger partial charge in [-0.3, -0.25) is 0 Å². The van der Waals surface area contributed by atoms with Crippen molar-refractivity contribution in [2.75, 3.05) is 6.61 Å². The van der Waals surface area contributed by atoms with Gasteiger partial charge in [0.2, 0.25) is 5.82 Å². The number of ether oxygens (including phenoxy) is 1. The van der Waals surface area contributed by atoms with Crippen LogP contribution in [-0.4, -0.2) is 6.61 Å². The lowest BCUT2D eigenvalue weighted by Crippen LogP contribution is -2.25. The van der Waals surface area contributed by atoms with Gasteiger partial charge < -0.3 is 4.74 Å². The van der Waals surface area contributed by atoms with E-state index in [1.165, 1.54) is 89.2 Å². The summed E-state index contributed by atoms with van der Waals surface area (Å²) in [5, 5.41) is 0. The highest BCUT2D eigenvalue weighted by Crippen LogP contribution is 2.42. The zero-order valence-corrected chi connectivity index (χ0v) is 20.2. The van der Waals surface area contributed by atoms with Gasteiger partial charge >= 0.3 is 0 Å². The molecule has 2 saturated carbocycles. The Hall–Kier alpha value is -1.56. The lowest BCUT2D eigenvalue weighted by Gasteiger charge is -2.37. The van der Waals surface area contributed by atoms with Gasteiger partial charge in [-0.1, -0.05) is 70.1 Å². The van der Waals surface area contributed by atoms with E-state index in [1.807, 2.05) is 0 Å². The topological polar surface area (TPSA) is 9.23 Å². The van der Waals surface area contributed by atoms with Gasteiger partial charge in [0.15, 0.2) is 11.6 Å². The van der Waals surface area contributed by atoms with Gasteiger partial charge in [0.05, 0.1) is 12.2 Å². The number of hydrogen-bond acceptors (Lipinski definition) is 1. The number of halogens is 2. The Kier molecular flexibility index (Phi) is 10.4. The van der Waals surface area contributed by atoms with E-state index in [4.69, 9.17) is 4.74 Å². The highest BCUT2D eigenvalue weighted by molar-refractivity contribution is 5.41.